The van der Waals surface area contributed by atoms with Crippen LogP contribution in [-0.2, 0) is 6.42 Å². The van der Waals surface area contributed by atoms with Gasteiger partial charge in [0.1, 0.15) is 0 Å². The Hall–Kier alpha value is -1.17. The van der Waals surface area contributed by atoms with Gasteiger partial charge in [-0.1, -0.05) is 12.1 Å². The Balaban J connectivity index is 2.70. The normalized spacial score (nSPS) is 13.9. The summed E-state index contributed by atoms with van der Waals surface area (Å²) >= 11 is 0. The zero-order valence-electron chi connectivity index (χ0n) is 8.06. The van der Waals surface area contributed by atoms with E-state index in [1.165, 1.54) is 6.07 Å². The monoisotopic (exact) mass is 240 g/mol. The number of alkyl halides is 3. The molecule has 90 valence electrons. The van der Waals surface area contributed by atoms with Gasteiger partial charge in [0.25, 0.3) is 0 Å². The summed E-state index contributed by atoms with van der Waals surface area (Å²) in [5.41, 5.74) is -0.267. The lowest BCUT2D eigenvalue weighted by atomic mass is 10.0. The van der Waals surface area contributed by atoms with Crippen LogP contribution in [0.25, 0.3) is 0 Å². The van der Waals surface area contributed by atoms with Gasteiger partial charge in [0.2, 0.25) is 0 Å². The largest absolute Gasteiger partial charge is 0.392 e. The number of aliphatic hydroxyl groups is 1. The third-order valence-electron chi connectivity index (χ3n) is 1.95. The molecule has 0 radical (unpaired) electrons. The maximum atomic E-state index is 13.0. The molecule has 0 heterocycles. The Morgan fingerprint density at radius 2 is 1.81 bits per heavy atom. The number of hydrogen-bond acceptors (Lipinski definition) is 1. The first-order valence-electron chi connectivity index (χ1n) is 4.47. The first-order valence-corrected chi connectivity index (χ1v) is 4.47. The molecule has 1 aromatic carbocycles. The summed E-state index contributed by atoms with van der Waals surface area (Å²) in [6, 6.07) is 3.17. The van der Waals surface area contributed by atoms with E-state index in [0.29, 0.717) is 0 Å². The van der Waals surface area contributed by atoms with Crippen molar-refractivity contribution >= 4 is 0 Å². The molecule has 0 aliphatic heterocycles. The molecule has 0 fully saturated rings. The van der Waals surface area contributed by atoms with E-state index in [0.717, 1.165) is 12.1 Å². The highest BCUT2D eigenvalue weighted by Crippen LogP contribution is 2.24. The van der Waals surface area contributed by atoms with Gasteiger partial charge in [-0.15, -0.1) is 0 Å². The molecule has 1 rings (SSSR count). The van der Waals surface area contributed by atoms with Crippen LogP contribution >= 0.6 is 0 Å². The molecule has 0 spiro atoms. The van der Waals surface area contributed by atoms with Crippen LogP contribution < -0.4 is 0 Å². The minimum Gasteiger partial charge on any atom is -0.392 e. The molecule has 1 nitrogen and oxygen atoms in total. The van der Waals surface area contributed by atoms with Crippen LogP contribution in [0.2, 0.25) is 0 Å². The quantitative estimate of drug-likeness (QED) is 0.805. The Kier molecular flexibility index (Phi) is 3.85. The molecule has 0 aliphatic rings. The van der Waals surface area contributed by atoms with Crippen LogP contribution in [-0.4, -0.2) is 17.4 Å². The molecule has 0 aliphatic carbocycles. The number of benzene rings is 1. The fourth-order valence-electron chi connectivity index (χ4n) is 1.30. The Morgan fingerprint density at radius 1 is 1.19 bits per heavy atom. The van der Waals surface area contributed by atoms with Crippen molar-refractivity contribution in [3.63, 3.8) is 0 Å². The maximum absolute atomic E-state index is 13.0. The van der Waals surface area contributed by atoms with Gasteiger partial charge in [-0.2, -0.15) is 13.2 Å². The molecule has 0 saturated carbocycles. The van der Waals surface area contributed by atoms with Gasteiger partial charge in [-0.3, -0.25) is 0 Å². The van der Waals surface area contributed by atoms with Gasteiger partial charge < -0.3 is 5.11 Å². The molecule has 1 unspecified atom stereocenters. The lowest BCUT2D eigenvalue weighted by Gasteiger charge is -2.13. The van der Waals surface area contributed by atoms with E-state index in [9.17, 15) is 22.0 Å². The number of aliphatic hydroxyl groups excluding tert-OH is 1. The summed E-state index contributed by atoms with van der Waals surface area (Å²) < 4.78 is 61.3. The minimum atomic E-state index is -4.52. The predicted molar refractivity (Wildman–Crippen MR) is 46.7 cm³/mol. The summed E-state index contributed by atoms with van der Waals surface area (Å²) in [5, 5.41) is 9.04. The second-order valence-electron chi connectivity index (χ2n) is 3.39. The first-order chi connectivity index (χ1) is 7.29. The lowest BCUT2D eigenvalue weighted by molar-refractivity contribution is -0.153. The van der Waals surface area contributed by atoms with Crippen molar-refractivity contribution in [2.24, 2.45) is 0 Å². The van der Waals surface area contributed by atoms with E-state index < -0.39 is 36.8 Å². The third kappa shape index (κ3) is 3.77. The molecular weight excluding hydrogens is 231 g/mol. The second kappa shape index (κ2) is 4.78. The summed E-state index contributed by atoms with van der Waals surface area (Å²) in [6.45, 7) is 0. The van der Waals surface area contributed by atoms with E-state index in [1.807, 2.05) is 0 Å². The van der Waals surface area contributed by atoms with Crippen molar-refractivity contribution in [3.8, 4) is 0 Å². The molecule has 1 aromatic rings. The van der Waals surface area contributed by atoms with Gasteiger partial charge in [0.05, 0.1) is 12.5 Å². The number of halogens is 5. The fourth-order valence-corrected chi connectivity index (χ4v) is 1.30. The Bertz CT molecular complexity index is 361. The van der Waals surface area contributed by atoms with Crippen LogP contribution in [0.3, 0.4) is 0 Å². The summed E-state index contributed by atoms with van der Waals surface area (Å²) in [4.78, 5) is 0. The van der Waals surface area contributed by atoms with E-state index >= 15 is 0 Å². The van der Waals surface area contributed by atoms with Gasteiger partial charge >= 0.3 is 6.18 Å². The Morgan fingerprint density at radius 3 is 2.38 bits per heavy atom. The van der Waals surface area contributed by atoms with Crippen LogP contribution in [0.5, 0.6) is 0 Å². The van der Waals surface area contributed by atoms with Crippen LogP contribution in [0, 0.1) is 11.6 Å². The smallest absolute Gasteiger partial charge is 0.391 e. The van der Waals surface area contributed by atoms with Gasteiger partial charge in [0, 0.05) is 6.42 Å². The lowest BCUT2D eigenvalue weighted by Crippen LogP contribution is -2.21. The van der Waals surface area contributed by atoms with E-state index in [4.69, 9.17) is 5.11 Å². The Labute approximate surface area is 88.5 Å². The van der Waals surface area contributed by atoms with Crippen LogP contribution in [0.4, 0.5) is 22.0 Å². The summed E-state index contributed by atoms with van der Waals surface area (Å²) in [5.74, 6) is -2.36. The third-order valence-corrected chi connectivity index (χ3v) is 1.95. The van der Waals surface area contributed by atoms with Crippen LogP contribution in [0.15, 0.2) is 18.2 Å². The minimum absolute atomic E-state index is 0.267. The molecule has 0 amide bonds. The van der Waals surface area contributed by atoms with E-state index in [1.54, 1.807) is 0 Å². The maximum Gasteiger partial charge on any atom is 0.391 e. The summed E-state index contributed by atoms with van der Waals surface area (Å²) in [6.07, 6.45) is -8.30. The van der Waals surface area contributed by atoms with Gasteiger partial charge in [-0.25, -0.2) is 8.78 Å². The first kappa shape index (κ1) is 12.9. The standard InChI is InChI=1S/C10H9F5O/c11-8-3-1-2-6(9(8)12)4-7(16)5-10(13,14)15/h1-3,7,16H,4-5H2. The summed E-state index contributed by atoms with van der Waals surface area (Å²) in [7, 11) is 0. The number of rotatable bonds is 3. The highest BCUT2D eigenvalue weighted by Gasteiger charge is 2.31. The van der Waals surface area contributed by atoms with Crippen molar-refractivity contribution in [1.29, 1.82) is 0 Å². The molecule has 16 heavy (non-hydrogen) atoms. The average Bonchev–Trinajstić information content (AvgIpc) is 2.09. The molecule has 6 heteroatoms. The zero-order valence-corrected chi connectivity index (χ0v) is 8.06. The molecule has 0 saturated heterocycles. The SMILES string of the molecule is OC(Cc1cccc(F)c1F)CC(F)(F)F. The fraction of sp³-hybridized carbons (Fsp3) is 0.400. The molecule has 0 aromatic heterocycles. The molecule has 1 atom stereocenters. The topological polar surface area (TPSA) is 20.2 Å². The molecule has 1 N–H and O–H groups in total. The van der Waals surface area contributed by atoms with Crippen LogP contribution in [0.1, 0.15) is 12.0 Å². The second-order valence-corrected chi connectivity index (χ2v) is 3.39. The highest BCUT2D eigenvalue weighted by molar-refractivity contribution is 5.19. The van der Waals surface area contributed by atoms with Gasteiger partial charge in [0.15, 0.2) is 11.6 Å². The van der Waals surface area contributed by atoms with Crippen molar-refractivity contribution in [2.75, 3.05) is 0 Å². The zero-order chi connectivity index (χ0) is 12.3. The number of hydrogen-bond donors (Lipinski definition) is 1. The van der Waals surface area contributed by atoms with Crippen molar-refractivity contribution in [1.82, 2.24) is 0 Å². The van der Waals surface area contributed by atoms with Crippen molar-refractivity contribution in [2.45, 2.75) is 25.1 Å². The predicted octanol–water partition coefficient (Wildman–Crippen LogP) is 2.82. The molecular formula is C10H9F5O. The van der Waals surface area contributed by atoms with E-state index in [-0.39, 0.29) is 5.56 Å². The average molecular weight is 240 g/mol. The van der Waals surface area contributed by atoms with E-state index in [2.05, 4.69) is 0 Å². The highest BCUT2D eigenvalue weighted by atomic mass is 19.4. The van der Waals surface area contributed by atoms with Crippen molar-refractivity contribution < 1.29 is 27.1 Å². The van der Waals surface area contributed by atoms with Crippen molar-refractivity contribution in [3.05, 3.63) is 35.4 Å². The molecule has 0 bridgehead atoms. The van der Waals surface area contributed by atoms with Gasteiger partial charge in [-0.05, 0) is 11.6 Å².